The molecule has 0 fully saturated rings. The number of benzene rings is 9. The summed E-state index contributed by atoms with van der Waals surface area (Å²) in [5.74, 6) is 0. The van der Waals surface area contributed by atoms with Crippen molar-refractivity contribution in [3.63, 3.8) is 0 Å². The number of aromatic nitrogens is 5. The number of nitrogens with zero attached hydrogens (tertiary/aromatic N) is 5. The summed E-state index contributed by atoms with van der Waals surface area (Å²) in [5, 5.41) is 7.40. The van der Waals surface area contributed by atoms with Gasteiger partial charge in [0.05, 0.1) is 28.1 Å². The van der Waals surface area contributed by atoms with Crippen LogP contribution in [0.15, 0.2) is 225 Å². The molecule has 14 aromatic rings. The zero-order valence-electron chi connectivity index (χ0n) is 44.4. The van der Waals surface area contributed by atoms with E-state index < -0.39 is 0 Å². The average Bonchev–Trinajstić information content (AvgIpc) is 4.18. The molecule has 0 aliphatic carbocycles. The topological polar surface area (TPSA) is 47.5 Å². The minimum Gasteiger partial charge on any atom is -0.296 e. The molecular weight excluding hydrogens is 947 g/mol. The Hall–Kier alpha value is -9.45. The summed E-state index contributed by atoms with van der Waals surface area (Å²) in [4.78, 5) is 15.0. The van der Waals surface area contributed by atoms with Crippen LogP contribution in [0.25, 0.3) is 110 Å². The van der Waals surface area contributed by atoms with Crippen molar-refractivity contribution in [3.05, 3.63) is 270 Å². The van der Waals surface area contributed by atoms with Crippen LogP contribution in [0.2, 0.25) is 0 Å². The largest absolute Gasteiger partial charge is 0.296 e. The number of rotatable bonds is 11. The Morgan fingerprint density at radius 1 is 0.308 bits per heavy atom. The van der Waals surface area contributed by atoms with E-state index in [0.717, 1.165) is 65.2 Å². The molecule has 0 saturated heterocycles. The van der Waals surface area contributed by atoms with Gasteiger partial charge in [-0.2, -0.15) is 0 Å². The van der Waals surface area contributed by atoms with Crippen LogP contribution < -0.4 is 0 Å². The molecule has 0 aliphatic heterocycles. The Morgan fingerprint density at radius 2 is 0.795 bits per heavy atom. The zero-order chi connectivity index (χ0) is 52.4. The monoisotopic (exact) mass is 1000 g/mol. The van der Waals surface area contributed by atoms with Gasteiger partial charge < -0.3 is 0 Å². The van der Waals surface area contributed by atoms with E-state index in [1.807, 2.05) is 12.3 Å². The fourth-order valence-electron chi connectivity index (χ4n) is 12.2. The second kappa shape index (κ2) is 19.3. The SMILES string of the molecule is Cc1nc2c3ccc(CCc4cc(CCc5ccc6c(c5)c5ccccc5n5c(C)c(C)nc65)cc(-c5ccccc5-c5ccc(-c6ccccn6)cc5-c5ccc(-c6ccccc6)cc5)c4)cc3c3ccccc3n2c1C. The average molecular weight is 1000 g/mol. The van der Waals surface area contributed by atoms with Crippen molar-refractivity contribution in [2.24, 2.45) is 0 Å². The van der Waals surface area contributed by atoms with E-state index in [-0.39, 0.29) is 0 Å². The van der Waals surface area contributed by atoms with Gasteiger partial charge >= 0.3 is 0 Å². The molecule has 0 aliphatic rings. The first kappa shape index (κ1) is 47.0. The third kappa shape index (κ3) is 8.22. The predicted octanol–water partition coefficient (Wildman–Crippen LogP) is 18.1. The van der Waals surface area contributed by atoms with E-state index in [1.165, 1.54) is 116 Å². The van der Waals surface area contributed by atoms with Crippen LogP contribution in [0.5, 0.6) is 0 Å². The zero-order valence-corrected chi connectivity index (χ0v) is 44.4. The Morgan fingerprint density at radius 3 is 1.38 bits per heavy atom. The van der Waals surface area contributed by atoms with E-state index in [0.29, 0.717) is 0 Å². The molecule has 0 unspecified atom stereocenters. The third-order valence-electron chi connectivity index (χ3n) is 16.5. The summed E-state index contributed by atoms with van der Waals surface area (Å²) in [6, 6.07) is 80.7. The maximum Gasteiger partial charge on any atom is 0.145 e. The van der Waals surface area contributed by atoms with Crippen LogP contribution in [-0.4, -0.2) is 23.8 Å². The van der Waals surface area contributed by atoms with Gasteiger partial charge in [-0.15, -0.1) is 0 Å². The molecular formula is C73H57N5. The lowest BCUT2D eigenvalue weighted by Crippen LogP contribution is -1.99. The second-order valence-electron chi connectivity index (χ2n) is 21.2. The molecule has 0 N–H and O–H groups in total. The van der Waals surface area contributed by atoms with E-state index in [9.17, 15) is 0 Å². The van der Waals surface area contributed by atoms with Crippen LogP contribution in [0.4, 0.5) is 0 Å². The lowest BCUT2D eigenvalue weighted by atomic mass is 9.86. The van der Waals surface area contributed by atoms with Crippen molar-refractivity contribution in [2.45, 2.75) is 53.4 Å². The molecule has 374 valence electrons. The molecule has 5 heteroatoms. The molecule has 0 bridgehead atoms. The molecule has 0 saturated carbocycles. The van der Waals surface area contributed by atoms with Crippen molar-refractivity contribution in [1.29, 1.82) is 0 Å². The summed E-state index contributed by atoms with van der Waals surface area (Å²) >= 11 is 0. The maximum atomic E-state index is 5.09. The number of hydrogen-bond acceptors (Lipinski definition) is 3. The van der Waals surface area contributed by atoms with Gasteiger partial charge in [0.2, 0.25) is 0 Å². The molecule has 5 nitrogen and oxygen atoms in total. The van der Waals surface area contributed by atoms with Crippen LogP contribution >= 0.6 is 0 Å². The van der Waals surface area contributed by atoms with Crippen LogP contribution in [0.1, 0.15) is 45.0 Å². The molecule has 0 radical (unpaired) electrons. The Labute approximate surface area is 454 Å². The van der Waals surface area contributed by atoms with Crippen molar-refractivity contribution >= 4 is 54.6 Å². The lowest BCUT2D eigenvalue weighted by Gasteiger charge is -2.18. The molecule has 14 rings (SSSR count). The van der Waals surface area contributed by atoms with Crippen molar-refractivity contribution in [3.8, 4) is 55.8 Å². The summed E-state index contributed by atoms with van der Waals surface area (Å²) in [5.41, 5.74) is 25.9. The fourth-order valence-corrected chi connectivity index (χ4v) is 12.2. The van der Waals surface area contributed by atoms with Gasteiger partial charge in [0.15, 0.2) is 0 Å². The normalized spacial score (nSPS) is 11.8. The van der Waals surface area contributed by atoms with Gasteiger partial charge in [-0.25, -0.2) is 9.97 Å². The molecule has 0 atom stereocenters. The first-order valence-corrected chi connectivity index (χ1v) is 27.3. The minimum absolute atomic E-state index is 0.898. The predicted molar refractivity (Wildman–Crippen MR) is 326 cm³/mol. The first-order valence-electron chi connectivity index (χ1n) is 27.3. The molecule has 9 aromatic carbocycles. The Bertz CT molecular complexity index is 4450. The minimum atomic E-state index is 0.898. The highest BCUT2D eigenvalue weighted by Gasteiger charge is 2.19. The number of pyridine rings is 3. The molecule has 0 spiro atoms. The van der Waals surface area contributed by atoms with E-state index in [1.54, 1.807) is 0 Å². The van der Waals surface area contributed by atoms with E-state index in [2.05, 4.69) is 249 Å². The van der Waals surface area contributed by atoms with Crippen molar-refractivity contribution in [1.82, 2.24) is 23.8 Å². The van der Waals surface area contributed by atoms with Gasteiger partial charge in [0, 0.05) is 44.7 Å². The van der Waals surface area contributed by atoms with E-state index >= 15 is 0 Å². The Balaban J connectivity index is 0.873. The summed E-state index contributed by atoms with van der Waals surface area (Å²) < 4.78 is 4.66. The third-order valence-corrected chi connectivity index (χ3v) is 16.5. The fraction of sp³-hybridized carbons (Fsp3) is 0.110. The maximum absolute atomic E-state index is 5.09. The number of fused-ring (bicyclic) bond motifs is 12. The Kier molecular flexibility index (Phi) is 11.6. The number of hydrogen-bond donors (Lipinski definition) is 0. The van der Waals surface area contributed by atoms with Gasteiger partial charge in [-0.1, -0.05) is 188 Å². The van der Waals surface area contributed by atoms with Gasteiger partial charge in [-0.05, 0) is 161 Å². The molecule has 5 heterocycles. The number of imidazole rings is 2. The van der Waals surface area contributed by atoms with E-state index in [4.69, 9.17) is 15.0 Å². The number of para-hydroxylation sites is 2. The highest BCUT2D eigenvalue weighted by atomic mass is 15.0. The summed E-state index contributed by atoms with van der Waals surface area (Å²) in [6.07, 6.45) is 5.48. The second-order valence-corrected chi connectivity index (χ2v) is 21.2. The number of aryl methyl sites for hydroxylation is 8. The lowest BCUT2D eigenvalue weighted by molar-refractivity contribution is 0.933. The summed E-state index contributed by atoms with van der Waals surface area (Å²) in [7, 11) is 0. The molecule has 78 heavy (non-hydrogen) atoms. The van der Waals surface area contributed by atoms with Gasteiger partial charge in [-0.3, -0.25) is 13.8 Å². The van der Waals surface area contributed by atoms with Crippen molar-refractivity contribution < 1.29 is 0 Å². The molecule has 5 aromatic heterocycles. The highest BCUT2D eigenvalue weighted by molar-refractivity contribution is 6.13. The van der Waals surface area contributed by atoms with Gasteiger partial charge in [0.1, 0.15) is 11.3 Å². The van der Waals surface area contributed by atoms with Gasteiger partial charge in [0.25, 0.3) is 0 Å². The smallest absolute Gasteiger partial charge is 0.145 e. The van der Waals surface area contributed by atoms with Crippen LogP contribution in [0.3, 0.4) is 0 Å². The standard InChI is InChI=1S/C73H57N5/c1-46-48(3)77-70-23-12-10-20-62(70)67-43-50(29-36-64(67)72(77)75-46)25-27-52-40-53(28-26-51-30-37-65-68(44-51)63-21-11-13-24-71(63)78-49(4)47(2)76-73(65)78)42-58(41-52)59-18-8-9-19-60(59)61-38-35-57(69-22-14-15-39-74-69)45-66(61)56-33-31-55(32-34-56)54-16-6-5-7-17-54/h5-24,29-45H,25-28H2,1-4H3. The van der Waals surface area contributed by atoms with Crippen LogP contribution in [-0.2, 0) is 25.7 Å². The highest BCUT2D eigenvalue weighted by Crippen LogP contribution is 2.42. The van der Waals surface area contributed by atoms with Crippen molar-refractivity contribution in [2.75, 3.05) is 0 Å². The first-order chi connectivity index (χ1) is 38.3. The summed E-state index contributed by atoms with van der Waals surface area (Å²) in [6.45, 7) is 8.58. The molecule has 0 amide bonds. The quantitative estimate of drug-likeness (QED) is 0.121. The van der Waals surface area contributed by atoms with Crippen LogP contribution in [0, 0.1) is 27.7 Å².